The number of Topliss-reactive ketones (excluding diaryl/α,β-unsaturated/α-hetero) is 1. The lowest BCUT2D eigenvalue weighted by atomic mass is 10.0. The number of carbonyl (C=O) groups excluding carboxylic acids is 1. The summed E-state index contributed by atoms with van der Waals surface area (Å²) in [6.07, 6.45) is 4.00. The van der Waals surface area contributed by atoms with Crippen molar-refractivity contribution in [3.63, 3.8) is 0 Å². The normalized spacial score (nSPS) is 14.0. The van der Waals surface area contributed by atoms with Gasteiger partial charge in [0.25, 0.3) is 5.82 Å². The SMILES string of the molecule is COc1ccc(C(=O)[C@H](C)[n+]2cc(-c3ccc(F)cc3)n3c2CCC3)cc1. The fraction of sp³-hybridized carbons (Fsp3) is 0.273. The molecule has 4 nitrogen and oxygen atoms in total. The maximum Gasteiger partial charge on any atom is 0.257 e. The average Bonchev–Trinajstić information content (AvgIpc) is 3.30. The number of methoxy groups -OCH3 is 1. The highest BCUT2D eigenvalue weighted by Gasteiger charge is 2.33. The fourth-order valence-electron chi connectivity index (χ4n) is 3.77. The number of rotatable bonds is 5. The summed E-state index contributed by atoms with van der Waals surface area (Å²) in [6.45, 7) is 2.85. The summed E-state index contributed by atoms with van der Waals surface area (Å²) in [5.74, 6) is 1.69. The molecule has 1 aliphatic rings. The minimum Gasteiger partial charge on any atom is -0.497 e. The van der Waals surface area contributed by atoms with Gasteiger partial charge in [0.1, 0.15) is 17.8 Å². The van der Waals surface area contributed by atoms with Crippen LogP contribution in [0.5, 0.6) is 5.75 Å². The summed E-state index contributed by atoms with van der Waals surface area (Å²) in [5, 5.41) is 0. The van der Waals surface area contributed by atoms with E-state index in [0.29, 0.717) is 5.56 Å². The van der Waals surface area contributed by atoms with Crippen molar-refractivity contribution < 1.29 is 18.5 Å². The smallest absolute Gasteiger partial charge is 0.257 e. The van der Waals surface area contributed by atoms with Gasteiger partial charge >= 0.3 is 0 Å². The second kappa shape index (κ2) is 6.99. The number of halogens is 1. The summed E-state index contributed by atoms with van der Waals surface area (Å²) in [4.78, 5) is 13.0. The van der Waals surface area contributed by atoms with Crippen molar-refractivity contribution in [1.82, 2.24) is 4.57 Å². The van der Waals surface area contributed by atoms with E-state index in [1.54, 1.807) is 43.5 Å². The summed E-state index contributed by atoms with van der Waals surface area (Å²) < 4.78 is 22.8. The Labute approximate surface area is 157 Å². The Bertz CT molecular complexity index is 975. The molecule has 0 N–H and O–H groups in total. The van der Waals surface area contributed by atoms with Crippen LogP contribution in [-0.2, 0) is 13.0 Å². The quantitative estimate of drug-likeness (QED) is 0.506. The Morgan fingerprint density at radius 2 is 1.85 bits per heavy atom. The zero-order valence-corrected chi connectivity index (χ0v) is 15.5. The first-order chi connectivity index (χ1) is 13.1. The van der Waals surface area contributed by atoms with E-state index in [0.717, 1.165) is 42.2 Å². The van der Waals surface area contributed by atoms with Gasteiger partial charge in [0.2, 0.25) is 5.78 Å². The largest absolute Gasteiger partial charge is 0.497 e. The van der Waals surface area contributed by atoms with E-state index in [2.05, 4.69) is 9.13 Å². The highest BCUT2D eigenvalue weighted by Crippen LogP contribution is 2.26. The lowest BCUT2D eigenvalue weighted by Gasteiger charge is -2.09. The Morgan fingerprint density at radius 1 is 1.15 bits per heavy atom. The molecule has 5 heteroatoms. The van der Waals surface area contributed by atoms with Crippen LogP contribution in [0.25, 0.3) is 11.3 Å². The molecule has 1 atom stereocenters. The second-order valence-electron chi connectivity index (χ2n) is 6.87. The molecule has 2 aromatic carbocycles. The molecule has 1 aliphatic heterocycles. The summed E-state index contributed by atoms with van der Waals surface area (Å²) in [5.41, 5.74) is 2.65. The van der Waals surface area contributed by atoms with Gasteiger partial charge in [-0.1, -0.05) is 0 Å². The number of fused-ring (bicyclic) bond motifs is 1. The van der Waals surface area contributed by atoms with Gasteiger partial charge < -0.3 is 4.74 Å². The van der Waals surface area contributed by atoms with Crippen LogP contribution in [-0.4, -0.2) is 17.5 Å². The van der Waals surface area contributed by atoms with Gasteiger partial charge in [-0.3, -0.25) is 4.79 Å². The van der Waals surface area contributed by atoms with Crippen LogP contribution in [0.2, 0.25) is 0 Å². The van der Waals surface area contributed by atoms with Gasteiger partial charge in [-0.2, -0.15) is 0 Å². The van der Waals surface area contributed by atoms with E-state index < -0.39 is 0 Å². The van der Waals surface area contributed by atoms with E-state index in [1.165, 1.54) is 12.1 Å². The number of carbonyl (C=O) groups is 1. The van der Waals surface area contributed by atoms with Crippen molar-refractivity contribution in [2.75, 3.05) is 7.11 Å². The molecule has 0 fully saturated rings. The molecule has 0 radical (unpaired) electrons. The standard InChI is InChI=1S/C22H22FN2O2/c1-15(22(26)17-7-11-19(27-2)12-8-17)25-14-20(24-13-3-4-21(24)25)16-5-9-18(23)10-6-16/h5-12,14-15H,3-4,13H2,1-2H3/q+1/t15-/m0/s1. The predicted octanol–water partition coefficient (Wildman–Crippen LogP) is 3.98. The first-order valence-corrected chi connectivity index (χ1v) is 9.16. The molecule has 0 amide bonds. The van der Waals surface area contributed by atoms with Crippen LogP contribution >= 0.6 is 0 Å². The molecule has 0 aliphatic carbocycles. The zero-order valence-electron chi connectivity index (χ0n) is 15.5. The van der Waals surface area contributed by atoms with Crippen LogP contribution in [0.4, 0.5) is 4.39 Å². The number of hydrogen-bond acceptors (Lipinski definition) is 2. The molecule has 0 spiro atoms. The van der Waals surface area contributed by atoms with Gasteiger partial charge in [-0.15, -0.1) is 0 Å². The van der Waals surface area contributed by atoms with Gasteiger partial charge in [0.05, 0.1) is 20.1 Å². The number of imidazole rings is 1. The van der Waals surface area contributed by atoms with Gasteiger partial charge in [0, 0.05) is 11.1 Å². The third kappa shape index (κ3) is 3.14. The van der Waals surface area contributed by atoms with Gasteiger partial charge in [-0.25, -0.2) is 13.5 Å². The van der Waals surface area contributed by atoms with Gasteiger partial charge in [-0.05, 0) is 61.9 Å². The van der Waals surface area contributed by atoms with Crippen LogP contribution in [0.3, 0.4) is 0 Å². The average molecular weight is 365 g/mol. The number of nitrogens with zero attached hydrogens (tertiary/aromatic N) is 2. The minimum atomic E-state index is -0.313. The van der Waals surface area contributed by atoms with Crippen LogP contribution in [0.1, 0.15) is 35.6 Å². The number of ether oxygens (including phenoxy) is 1. The molecule has 27 heavy (non-hydrogen) atoms. The molecule has 3 aromatic rings. The van der Waals surface area contributed by atoms with E-state index in [4.69, 9.17) is 4.74 Å². The monoisotopic (exact) mass is 365 g/mol. The third-order valence-corrected chi connectivity index (χ3v) is 5.26. The van der Waals surface area contributed by atoms with E-state index in [-0.39, 0.29) is 17.6 Å². The topological polar surface area (TPSA) is 35.1 Å². The minimum absolute atomic E-state index is 0.0635. The predicted molar refractivity (Wildman–Crippen MR) is 100 cm³/mol. The lowest BCUT2D eigenvalue weighted by molar-refractivity contribution is -0.710. The highest BCUT2D eigenvalue weighted by molar-refractivity contribution is 5.97. The van der Waals surface area contributed by atoms with Crippen molar-refractivity contribution in [1.29, 1.82) is 0 Å². The van der Waals surface area contributed by atoms with Crippen LogP contribution < -0.4 is 9.30 Å². The van der Waals surface area contributed by atoms with E-state index in [1.807, 2.05) is 13.1 Å². The molecule has 4 rings (SSSR count). The Balaban J connectivity index is 1.69. The van der Waals surface area contributed by atoms with E-state index in [9.17, 15) is 9.18 Å². The van der Waals surface area contributed by atoms with Crippen LogP contribution in [0, 0.1) is 5.82 Å². The zero-order chi connectivity index (χ0) is 19.0. The number of hydrogen-bond donors (Lipinski definition) is 0. The molecule has 1 aromatic heterocycles. The summed E-state index contributed by atoms with van der Waals surface area (Å²) in [7, 11) is 1.61. The first-order valence-electron chi connectivity index (χ1n) is 9.16. The molecule has 138 valence electrons. The lowest BCUT2D eigenvalue weighted by Crippen LogP contribution is -2.44. The van der Waals surface area contributed by atoms with Crippen molar-refractivity contribution >= 4 is 5.78 Å². The second-order valence-corrected chi connectivity index (χ2v) is 6.87. The fourth-order valence-corrected chi connectivity index (χ4v) is 3.77. The number of ketones is 1. The van der Waals surface area contributed by atoms with E-state index >= 15 is 0 Å². The molecular formula is C22H22FN2O2+. The molecule has 0 saturated heterocycles. The maximum atomic E-state index is 13.3. The Morgan fingerprint density at radius 3 is 2.52 bits per heavy atom. The molecule has 2 heterocycles. The third-order valence-electron chi connectivity index (χ3n) is 5.26. The summed E-state index contributed by atoms with van der Waals surface area (Å²) >= 11 is 0. The summed E-state index contributed by atoms with van der Waals surface area (Å²) in [6, 6.07) is 13.4. The van der Waals surface area contributed by atoms with Crippen LogP contribution in [0.15, 0.2) is 54.7 Å². The van der Waals surface area contributed by atoms with Crippen molar-refractivity contribution in [3.05, 3.63) is 71.9 Å². The van der Waals surface area contributed by atoms with Crippen molar-refractivity contribution in [2.45, 2.75) is 32.4 Å². The van der Waals surface area contributed by atoms with Crippen molar-refractivity contribution in [3.8, 4) is 17.0 Å². The molecular weight excluding hydrogens is 343 g/mol. The molecule has 0 bridgehead atoms. The maximum absolute atomic E-state index is 13.3. The Kier molecular flexibility index (Phi) is 4.52. The first kappa shape index (κ1) is 17.5. The molecule has 0 unspecified atom stereocenters. The van der Waals surface area contributed by atoms with Gasteiger partial charge in [0.15, 0.2) is 11.7 Å². The van der Waals surface area contributed by atoms with Crippen molar-refractivity contribution in [2.24, 2.45) is 0 Å². The number of benzene rings is 2. The Hall–Kier alpha value is -2.95. The molecule has 0 saturated carbocycles. The highest BCUT2D eigenvalue weighted by atomic mass is 19.1. The number of aromatic nitrogens is 2.